The summed E-state index contributed by atoms with van der Waals surface area (Å²) in [5, 5.41) is 6.58. The van der Waals surface area contributed by atoms with Crippen LogP contribution in [-0.4, -0.2) is 18.1 Å². The third-order valence-corrected chi connectivity index (χ3v) is 2.62. The largest absolute Gasteiger partial charge is 0.370 e. The summed E-state index contributed by atoms with van der Waals surface area (Å²) < 4.78 is 0. The molecule has 0 aliphatic carbocycles. The summed E-state index contributed by atoms with van der Waals surface area (Å²) in [5.41, 5.74) is 0. The molecular formula is C14H25N3. The molecule has 1 aromatic rings. The molecule has 0 radical (unpaired) electrons. The Kier molecular flexibility index (Phi) is 6.45. The van der Waals surface area contributed by atoms with E-state index >= 15 is 0 Å². The van der Waals surface area contributed by atoms with E-state index in [0.717, 1.165) is 30.6 Å². The van der Waals surface area contributed by atoms with Crippen LogP contribution in [0.25, 0.3) is 0 Å². The normalized spacial score (nSPS) is 10.6. The fourth-order valence-corrected chi connectivity index (χ4v) is 1.71. The van der Waals surface area contributed by atoms with Gasteiger partial charge in [-0.15, -0.1) is 0 Å². The number of nitrogens with one attached hydrogen (secondary N) is 2. The van der Waals surface area contributed by atoms with Gasteiger partial charge in [-0.2, -0.15) is 0 Å². The topological polar surface area (TPSA) is 37.0 Å². The zero-order chi connectivity index (χ0) is 12.5. The lowest BCUT2D eigenvalue weighted by molar-refractivity contribution is 0.544. The molecule has 0 aromatic carbocycles. The molecule has 0 atom stereocenters. The predicted molar refractivity (Wildman–Crippen MR) is 75.6 cm³/mol. The van der Waals surface area contributed by atoms with Gasteiger partial charge in [-0.1, -0.05) is 32.8 Å². The fourth-order valence-electron chi connectivity index (χ4n) is 1.71. The molecule has 0 spiro atoms. The number of unbranched alkanes of at least 4 members (excludes halogenated alkanes) is 1. The van der Waals surface area contributed by atoms with Crippen LogP contribution in [0.5, 0.6) is 0 Å². The standard InChI is InChI=1S/C14H25N3/c1-4-15-13-9-7-10-14(17-13)16-11-6-5-8-12(2)3/h7,9-10,12H,4-6,8,11H2,1-3H3,(H2,15,16,17). The molecular weight excluding hydrogens is 210 g/mol. The van der Waals surface area contributed by atoms with Crippen LogP contribution in [0.1, 0.15) is 40.0 Å². The van der Waals surface area contributed by atoms with Crippen LogP contribution in [0.15, 0.2) is 18.2 Å². The molecule has 0 fully saturated rings. The molecule has 0 amide bonds. The number of hydrogen-bond donors (Lipinski definition) is 2. The summed E-state index contributed by atoms with van der Waals surface area (Å²) >= 11 is 0. The van der Waals surface area contributed by atoms with Crippen molar-refractivity contribution in [3.63, 3.8) is 0 Å². The third-order valence-electron chi connectivity index (χ3n) is 2.62. The quantitative estimate of drug-likeness (QED) is 0.674. The van der Waals surface area contributed by atoms with Crippen LogP contribution in [0.3, 0.4) is 0 Å². The van der Waals surface area contributed by atoms with E-state index in [1.54, 1.807) is 0 Å². The van der Waals surface area contributed by atoms with E-state index in [9.17, 15) is 0 Å². The highest BCUT2D eigenvalue weighted by Crippen LogP contribution is 2.10. The van der Waals surface area contributed by atoms with E-state index in [1.165, 1.54) is 19.3 Å². The highest BCUT2D eigenvalue weighted by molar-refractivity contribution is 5.44. The molecule has 0 unspecified atom stereocenters. The van der Waals surface area contributed by atoms with E-state index in [1.807, 2.05) is 18.2 Å². The summed E-state index contributed by atoms with van der Waals surface area (Å²) in [6.07, 6.45) is 3.81. The molecule has 1 rings (SSSR count). The summed E-state index contributed by atoms with van der Waals surface area (Å²) in [7, 11) is 0. The Morgan fingerprint density at radius 3 is 2.47 bits per heavy atom. The Morgan fingerprint density at radius 2 is 1.82 bits per heavy atom. The van der Waals surface area contributed by atoms with Crippen LogP contribution in [-0.2, 0) is 0 Å². The lowest BCUT2D eigenvalue weighted by atomic mass is 10.1. The number of anilines is 2. The molecule has 1 heterocycles. The Hall–Kier alpha value is -1.25. The van der Waals surface area contributed by atoms with Gasteiger partial charge in [0.25, 0.3) is 0 Å². The summed E-state index contributed by atoms with van der Waals surface area (Å²) in [6.45, 7) is 8.54. The van der Waals surface area contributed by atoms with E-state index in [2.05, 4.69) is 36.4 Å². The van der Waals surface area contributed by atoms with Crippen molar-refractivity contribution >= 4 is 11.6 Å². The van der Waals surface area contributed by atoms with E-state index in [4.69, 9.17) is 0 Å². The van der Waals surface area contributed by atoms with Crippen LogP contribution < -0.4 is 10.6 Å². The third kappa shape index (κ3) is 6.15. The molecule has 3 heteroatoms. The van der Waals surface area contributed by atoms with Crippen LogP contribution in [0.2, 0.25) is 0 Å². The lowest BCUT2D eigenvalue weighted by Gasteiger charge is -2.08. The first-order chi connectivity index (χ1) is 8.22. The maximum atomic E-state index is 4.47. The first-order valence-corrected chi connectivity index (χ1v) is 6.67. The van der Waals surface area contributed by atoms with Crippen molar-refractivity contribution < 1.29 is 0 Å². The maximum absolute atomic E-state index is 4.47. The average molecular weight is 235 g/mol. The second kappa shape index (κ2) is 7.93. The van der Waals surface area contributed by atoms with E-state index < -0.39 is 0 Å². The van der Waals surface area contributed by atoms with E-state index in [-0.39, 0.29) is 0 Å². The van der Waals surface area contributed by atoms with Gasteiger partial charge in [-0.05, 0) is 31.4 Å². The summed E-state index contributed by atoms with van der Waals surface area (Å²) in [5.74, 6) is 2.72. The maximum Gasteiger partial charge on any atom is 0.128 e. The first kappa shape index (κ1) is 13.8. The van der Waals surface area contributed by atoms with Gasteiger partial charge in [0, 0.05) is 13.1 Å². The van der Waals surface area contributed by atoms with Crippen LogP contribution in [0.4, 0.5) is 11.6 Å². The van der Waals surface area contributed by atoms with Gasteiger partial charge in [0.05, 0.1) is 0 Å². The number of aromatic nitrogens is 1. The van der Waals surface area contributed by atoms with Gasteiger partial charge in [0.15, 0.2) is 0 Å². The zero-order valence-corrected chi connectivity index (χ0v) is 11.3. The minimum Gasteiger partial charge on any atom is -0.370 e. The molecule has 17 heavy (non-hydrogen) atoms. The Labute approximate surface area is 105 Å². The zero-order valence-electron chi connectivity index (χ0n) is 11.3. The van der Waals surface area contributed by atoms with Gasteiger partial charge in [-0.3, -0.25) is 0 Å². The highest BCUT2D eigenvalue weighted by atomic mass is 15.1. The molecule has 96 valence electrons. The Morgan fingerprint density at radius 1 is 1.12 bits per heavy atom. The summed E-state index contributed by atoms with van der Waals surface area (Å²) in [6, 6.07) is 6.04. The van der Waals surface area contributed by atoms with Crippen LogP contribution >= 0.6 is 0 Å². The van der Waals surface area contributed by atoms with Crippen molar-refractivity contribution in [1.82, 2.24) is 4.98 Å². The number of pyridine rings is 1. The van der Waals surface area contributed by atoms with Crippen molar-refractivity contribution in [3.05, 3.63) is 18.2 Å². The second-order valence-corrected chi connectivity index (χ2v) is 4.75. The first-order valence-electron chi connectivity index (χ1n) is 6.67. The number of rotatable bonds is 8. The minimum atomic E-state index is 0.810. The van der Waals surface area contributed by atoms with Crippen molar-refractivity contribution in [1.29, 1.82) is 0 Å². The Bertz CT molecular complexity index is 310. The molecule has 0 aliphatic heterocycles. The van der Waals surface area contributed by atoms with Gasteiger partial charge in [-0.25, -0.2) is 4.98 Å². The molecule has 0 bridgehead atoms. The molecule has 2 N–H and O–H groups in total. The molecule has 3 nitrogen and oxygen atoms in total. The molecule has 0 aliphatic rings. The Balaban J connectivity index is 2.24. The van der Waals surface area contributed by atoms with Crippen LogP contribution in [0, 0.1) is 5.92 Å². The average Bonchev–Trinajstić information content (AvgIpc) is 2.29. The molecule has 0 saturated carbocycles. The summed E-state index contributed by atoms with van der Waals surface area (Å²) in [4.78, 5) is 4.47. The minimum absolute atomic E-state index is 0.810. The smallest absolute Gasteiger partial charge is 0.128 e. The van der Waals surface area contributed by atoms with Crippen molar-refractivity contribution in [2.75, 3.05) is 23.7 Å². The molecule has 1 aromatic heterocycles. The van der Waals surface area contributed by atoms with E-state index in [0.29, 0.717) is 0 Å². The second-order valence-electron chi connectivity index (χ2n) is 4.75. The SMILES string of the molecule is CCNc1cccc(NCCCCC(C)C)n1. The molecule has 0 saturated heterocycles. The van der Waals surface area contributed by atoms with Crippen molar-refractivity contribution in [3.8, 4) is 0 Å². The number of nitrogens with zero attached hydrogens (tertiary/aromatic N) is 1. The monoisotopic (exact) mass is 235 g/mol. The van der Waals surface area contributed by atoms with Gasteiger partial charge < -0.3 is 10.6 Å². The lowest BCUT2D eigenvalue weighted by Crippen LogP contribution is -2.06. The van der Waals surface area contributed by atoms with Gasteiger partial charge >= 0.3 is 0 Å². The van der Waals surface area contributed by atoms with Gasteiger partial charge in [0.2, 0.25) is 0 Å². The van der Waals surface area contributed by atoms with Crippen molar-refractivity contribution in [2.45, 2.75) is 40.0 Å². The predicted octanol–water partition coefficient (Wildman–Crippen LogP) is 3.75. The number of hydrogen-bond acceptors (Lipinski definition) is 3. The highest BCUT2D eigenvalue weighted by Gasteiger charge is 1.97. The van der Waals surface area contributed by atoms with Crippen molar-refractivity contribution in [2.24, 2.45) is 5.92 Å². The van der Waals surface area contributed by atoms with Gasteiger partial charge in [0.1, 0.15) is 11.6 Å². The fraction of sp³-hybridized carbons (Fsp3) is 0.643.